The summed E-state index contributed by atoms with van der Waals surface area (Å²) in [6, 6.07) is 13.9. The molecule has 5 N–H and O–H groups in total. The van der Waals surface area contributed by atoms with E-state index in [1.807, 2.05) is 32.2 Å². The molecule has 0 aliphatic heterocycles. The third kappa shape index (κ3) is 12.0. The van der Waals surface area contributed by atoms with Gasteiger partial charge >= 0.3 is 5.97 Å². The van der Waals surface area contributed by atoms with Gasteiger partial charge in [-0.3, -0.25) is 19.2 Å². The Labute approximate surface area is 245 Å². The number of carbonyl (C=O) groups is 5. The molecule has 0 saturated heterocycles. The third-order valence-corrected chi connectivity index (χ3v) is 6.99. The van der Waals surface area contributed by atoms with Crippen molar-refractivity contribution in [1.82, 2.24) is 21.3 Å². The predicted octanol–water partition coefficient (Wildman–Crippen LogP) is 1.92. The largest absolute Gasteiger partial charge is 0.480 e. The van der Waals surface area contributed by atoms with Crippen LogP contribution in [0.25, 0.3) is 0 Å². The Balaban J connectivity index is 2.25. The van der Waals surface area contributed by atoms with Gasteiger partial charge in [0.15, 0.2) is 0 Å². The number of thioether (sulfide) groups is 1. The molecule has 10 nitrogen and oxygen atoms in total. The average molecular weight is 585 g/mol. The maximum atomic E-state index is 13.5. The van der Waals surface area contributed by atoms with Crippen LogP contribution in [-0.2, 0) is 36.8 Å². The third-order valence-electron chi connectivity index (χ3n) is 6.35. The molecule has 4 unspecified atom stereocenters. The first kappa shape index (κ1) is 33.3. The van der Waals surface area contributed by atoms with Gasteiger partial charge in [0.05, 0.1) is 0 Å². The minimum atomic E-state index is -1.21. The van der Waals surface area contributed by atoms with Gasteiger partial charge in [0, 0.05) is 12.8 Å². The number of amides is 4. The molecule has 0 radical (unpaired) electrons. The van der Waals surface area contributed by atoms with Gasteiger partial charge in [0.2, 0.25) is 24.1 Å². The first-order valence-corrected chi connectivity index (χ1v) is 14.9. The molecule has 0 bridgehead atoms. The van der Waals surface area contributed by atoms with Gasteiger partial charge in [-0.2, -0.15) is 11.8 Å². The van der Waals surface area contributed by atoms with E-state index in [1.165, 1.54) is 11.8 Å². The molecule has 11 heteroatoms. The van der Waals surface area contributed by atoms with E-state index >= 15 is 0 Å². The standard InChI is InChI=1S/C30H40N4O6S/c1-20(2)16-24(32-27(36)23(31-19-35)14-15-41-3)28(37)33-25(17-21-10-6-4-7-11-21)29(38)34-26(30(39)40)18-22-12-8-5-9-13-22/h4-13,19-20,23-26H,14-18H2,1-3H3,(H,31,35)(H,32,36)(H,33,37)(H,34,38)(H,39,40). The van der Waals surface area contributed by atoms with E-state index in [2.05, 4.69) is 21.3 Å². The number of rotatable bonds is 18. The first-order chi connectivity index (χ1) is 19.6. The van der Waals surface area contributed by atoms with Crippen molar-refractivity contribution >= 4 is 41.9 Å². The first-order valence-electron chi connectivity index (χ1n) is 13.5. The summed E-state index contributed by atoms with van der Waals surface area (Å²) in [7, 11) is 0. The van der Waals surface area contributed by atoms with Gasteiger partial charge in [-0.05, 0) is 41.9 Å². The molecule has 0 aromatic heterocycles. The monoisotopic (exact) mass is 584 g/mol. The molecule has 2 aromatic carbocycles. The average Bonchev–Trinajstić information content (AvgIpc) is 2.94. The molecule has 41 heavy (non-hydrogen) atoms. The maximum Gasteiger partial charge on any atom is 0.326 e. The van der Waals surface area contributed by atoms with Crippen molar-refractivity contribution < 1.29 is 29.1 Å². The number of carboxylic acid groups (broad SMARTS) is 1. The molecule has 2 rings (SSSR count). The zero-order valence-electron chi connectivity index (χ0n) is 23.7. The number of benzene rings is 2. The zero-order chi connectivity index (χ0) is 30.2. The SMILES string of the molecule is CSCCC(NC=O)C(=O)NC(CC(C)C)C(=O)NC(Cc1ccccc1)C(=O)NC(Cc1ccccc1)C(=O)O. The normalized spacial score (nSPS) is 13.8. The number of carbonyl (C=O) groups excluding carboxylic acids is 4. The highest BCUT2D eigenvalue weighted by molar-refractivity contribution is 7.98. The summed E-state index contributed by atoms with van der Waals surface area (Å²) in [6.07, 6.45) is 3.20. The van der Waals surface area contributed by atoms with Crippen LogP contribution in [0.4, 0.5) is 0 Å². The second-order valence-electron chi connectivity index (χ2n) is 10.1. The molecule has 222 valence electrons. The number of carboxylic acids is 1. The molecule has 0 heterocycles. The van der Waals surface area contributed by atoms with Crippen molar-refractivity contribution in [3.8, 4) is 0 Å². The molecule has 0 fully saturated rings. The predicted molar refractivity (Wildman–Crippen MR) is 159 cm³/mol. The van der Waals surface area contributed by atoms with Gasteiger partial charge in [-0.1, -0.05) is 74.5 Å². The number of hydrogen-bond donors (Lipinski definition) is 5. The minimum Gasteiger partial charge on any atom is -0.480 e. The smallest absolute Gasteiger partial charge is 0.326 e. The van der Waals surface area contributed by atoms with Gasteiger partial charge in [0.1, 0.15) is 24.2 Å². The van der Waals surface area contributed by atoms with Crippen LogP contribution < -0.4 is 21.3 Å². The van der Waals surface area contributed by atoms with Crippen LogP contribution >= 0.6 is 11.8 Å². The van der Waals surface area contributed by atoms with Crippen LogP contribution in [0, 0.1) is 5.92 Å². The van der Waals surface area contributed by atoms with Crippen molar-refractivity contribution in [2.24, 2.45) is 5.92 Å². The molecular weight excluding hydrogens is 544 g/mol. The molecule has 0 saturated carbocycles. The van der Waals surface area contributed by atoms with Gasteiger partial charge in [0.25, 0.3) is 0 Å². The van der Waals surface area contributed by atoms with E-state index in [-0.39, 0.29) is 18.8 Å². The van der Waals surface area contributed by atoms with Crippen LogP contribution in [0.15, 0.2) is 60.7 Å². The van der Waals surface area contributed by atoms with E-state index in [0.717, 1.165) is 11.1 Å². The summed E-state index contributed by atoms with van der Waals surface area (Å²) in [5, 5.41) is 20.4. The summed E-state index contributed by atoms with van der Waals surface area (Å²) in [5.74, 6) is -2.26. The quantitative estimate of drug-likeness (QED) is 0.168. The van der Waals surface area contributed by atoms with E-state index in [1.54, 1.807) is 48.5 Å². The molecule has 0 spiro atoms. The zero-order valence-corrected chi connectivity index (χ0v) is 24.5. The van der Waals surface area contributed by atoms with Crippen LogP contribution in [-0.4, -0.2) is 71.4 Å². The van der Waals surface area contributed by atoms with Crippen LogP contribution in [0.2, 0.25) is 0 Å². The number of hydrogen-bond acceptors (Lipinski definition) is 6. The van der Waals surface area contributed by atoms with Gasteiger partial charge in [-0.25, -0.2) is 4.79 Å². The van der Waals surface area contributed by atoms with Crippen LogP contribution in [0.5, 0.6) is 0 Å². The number of nitrogens with one attached hydrogen (secondary N) is 4. The molecule has 2 aromatic rings. The summed E-state index contributed by atoms with van der Waals surface area (Å²) < 4.78 is 0. The highest BCUT2D eigenvalue weighted by Gasteiger charge is 2.31. The van der Waals surface area contributed by atoms with E-state index < -0.39 is 47.9 Å². The Morgan fingerprint density at radius 1 is 0.756 bits per heavy atom. The fourth-order valence-corrected chi connectivity index (χ4v) is 4.71. The van der Waals surface area contributed by atoms with Crippen molar-refractivity contribution in [2.45, 2.75) is 63.7 Å². The molecule has 4 amide bonds. The van der Waals surface area contributed by atoms with E-state index in [4.69, 9.17) is 0 Å². The second-order valence-corrected chi connectivity index (χ2v) is 11.1. The second kappa shape index (κ2) is 17.8. The Kier molecular flexibility index (Phi) is 14.4. The fraction of sp³-hybridized carbons (Fsp3) is 0.433. The summed E-state index contributed by atoms with van der Waals surface area (Å²) in [4.78, 5) is 63.0. The van der Waals surface area contributed by atoms with Gasteiger partial charge < -0.3 is 26.4 Å². The Morgan fingerprint density at radius 3 is 1.71 bits per heavy atom. The highest BCUT2D eigenvalue weighted by Crippen LogP contribution is 2.10. The number of aliphatic carboxylic acids is 1. The molecule has 0 aliphatic rings. The lowest BCUT2D eigenvalue weighted by molar-refractivity contribution is -0.142. The lowest BCUT2D eigenvalue weighted by Crippen LogP contribution is -2.58. The lowest BCUT2D eigenvalue weighted by Gasteiger charge is -2.26. The Hall–Kier alpha value is -3.86. The summed E-state index contributed by atoms with van der Waals surface area (Å²) >= 11 is 1.53. The van der Waals surface area contributed by atoms with Gasteiger partial charge in [-0.15, -0.1) is 0 Å². The van der Waals surface area contributed by atoms with E-state index in [9.17, 15) is 29.1 Å². The Bertz CT molecular complexity index is 1130. The highest BCUT2D eigenvalue weighted by atomic mass is 32.2. The van der Waals surface area contributed by atoms with Crippen molar-refractivity contribution in [1.29, 1.82) is 0 Å². The van der Waals surface area contributed by atoms with Crippen molar-refractivity contribution in [3.05, 3.63) is 71.8 Å². The molecule has 4 atom stereocenters. The van der Waals surface area contributed by atoms with E-state index in [0.29, 0.717) is 25.0 Å². The maximum absolute atomic E-state index is 13.5. The molecular formula is C30H40N4O6S. The Morgan fingerprint density at radius 2 is 1.22 bits per heavy atom. The summed E-state index contributed by atoms with van der Waals surface area (Å²) in [6.45, 7) is 3.80. The van der Waals surface area contributed by atoms with Crippen molar-refractivity contribution in [2.75, 3.05) is 12.0 Å². The minimum absolute atomic E-state index is 0.0263. The lowest BCUT2D eigenvalue weighted by atomic mass is 10.00. The van der Waals surface area contributed by atoms with Crippen LogP contribution in [0.1, 0.15) is 37.8 Å². The van der Waals surface area contributed by atoms with Crippen molar-refractivity contribution in [3.63, 3.8) is 0 Å². The topological polar surface area (TPSA) is 154 Å². The summed E-state index contributed by atoms with van der Waals surface area (Å²) in [5.41, 5.74) is 1.50. The molecule has 0 aliphatic carbocycles. The van der Waals surface area contributed by atoms with Crippen LogP contribution in [0.3, 0.4) is 0 Å². The fourth-order valence-electron chi connectivity index (χ4n) is 4.24.